The number of amides is 1. The molecule has 2 unspecified atom stereocenters. The van der Waals surface area contributed by atoms with E-state index in [-0.39, 0.29) is 17.8 Å². The summed E-state index contributed by atoms with van der Waals surface area (Å²) < 4.78 is 19.3. The highest BCUT2D eigenvalue weighted by Gasteiger charge is 2.21. The molecule has 0 saturated carbocycles. The molecule has 1 N–H and O–H groups in total. The van der Waals surface area contributed by atoms with Gasteiger partial charge < -0.3 is 15.0 Å². The molecule has 4 nitrogen and oxygen atoms in total. The van der Waals surface area contributed by atoms with Crippen molar-refractivity contribution in [1.29, 1.82) is 0 Å². The molecule has 0 radical (unpaired) electrons. The average Bonchev–Trinajstić information content (AvgIpc) is 2.71. The maximum Gasteiger partial charge on any atom is 0.261 e. The number of hydrogen-bond acceptors (Lipinski definition) is 3. The summed E-state index contributed by atoms with van der Waals surface area (Å²) in [7, 11) is 3.96. The lowest BCUT2D eigenvalue weighted by Gasteiger charge is -2.24. The van der Waals surface area contributed by atoms with Crippen LogP contribution < -0.4 is 10.1 Å². The van der Waals surface area contributed by atoms with Crippen LogP contribution in [0, 0.1) is 5.82 Å². The van der Waals surface area contributed by atoms with Crippen molar-refractivity contribution in [1.82, 2.24) is 10.2 Å². The summed E-state index contributed by atoms with van der Waals surface area (Å²) in [5.74, 6) is 0.183. The van der Waals surface area contributed by atoms with Crippen molar-refractivity contribution in [2.75, 3.05) is 20.6 Å². The van der Waals surface area contributed by atoms with Gasteiger partial charge in [-0.25, -0.2) is 4.39 Å². The normalized spacial score (nSPS) is 13.3. The van der Waals surface area contributed by atoms with Crippen molar-refractivity contribution in [2.24, 2.45) is 0 Å². The molecule has 0 fully saturated rings. The van der Waals surface area contributed by atoms with E-state index in [1.54, 1.807) is 19.1 Å². The average molecular weight is 394 g/mol. The minimum absolute atomic E-state index is 0.203. The highest BCUT2D eigenvalue weighted by molar-refractivity contribution is 5.89. The van der Waals surface area contributed by atoms with Crippen molar-refractivity contribution < 1.29 is 13.9 Å². The van der Waals surface area contributed by atoms with E-state index in [2.05, 4.69) is 10.2 Å². The van der Waals surface area contributed by atoms with Crippen molar-refractivity contribution in [3.8, 4) is 5.75 Å². The van der Waals surface area contributed by atoms with Crippen LogP contribution in [0.2, 0.25) is 0 Å². The Balaban J connectivity index is 1.73. The molecule has 0 aromatic heterocycles. The first kappa shape index (κ1) is 20.8. The quantitative estimate of drug-likeness (QED) is 0.609. The van der Waals surface area contributed by atoms with E-state index in [9.17, 15) is 9.18 Å². The summed E-state index contributed by atoms with van der Waals surface area (Å²) in [6.07, 6.45) is 0.0499. The van der Waals surface area contributed by atoms with Crippen molar-refractivity contribution in [3.63, 3.8) is 0 Å². The van der Waals surface area contributed by atoms with E-state index in [4.69, 9.17) is 4.74 Å². The Hall–Kier alpha value is -2.92. The predicted molar refractivity (Wildman–Crippen MR) is 114 cm³/mol. The molecule has 2 atom stereocenters. The van der Waals surface area contributed by atoms with Crippen LogP contribution in [0.4, 0.5) is 4.39 Å². The molecular weight excluding hydrogens is 367 g/mol. The highest BCUT2D eigenvalue weighted by Crippen LogP contribution is 2.26. The van der Waals surface area contributed by atoms with Crippen LogP contribution in [-0.4, -0.2) is 37.6 Å². The van der Waals surface area contributed by atoms with Gasteiger partial charge in [0.15, 0.2) is 6.10 Å². The smallest absolute Gasteiger partial charge is 0.261 e. The van der Waals surface area contributed by atoms with E-state index in [1.807, 2.05) is 56.6 Å². The van der Waals surface area contributed by atoms with Crippen LogP contribution in [0.3, 0.4) is 0 Å². The number of carbonyl (C=O) groups is 1. The molecule has 0 heterocycles. The fraction of sp³-hybridized carbons (Fsp3) is 0.292. The molecule has 0 aliphatic rings. The third-order valence-electron chi connectivity index (χ3n) is 4.88. The fourth-order valence-electron chi connectivity index (χ4n) is 3.24. The third kappa shape index (κ3) is 5.55. The lowest BCUT2D eigenvalue weighted by atomic mass is 10.0. The zero-order valence-corrected chi connectivity index (χ0v) is 17.1. The number of ether oxygens (including phenoxy) is 1. The first-order valence-corrected chi connectivity index (χ1v) is 9.79. The first-order valence-electron chi connectivity index (χ1n) is 9.79. The summed E-state index contributed by atoms with van der Waals surface area (Å²) in [6, 6.07) is 19.8. The predicted octanol–water partition coefficient (Wildman–Crippen LogP) is 4.56. The first-order chi connectivity index (χ1) is 13.9. The maximum absolute atomic E-state index is 13.3. The Labute approximate surface area is 171 Å². The van der Waals surface area contributed by atoms with Gasteiger partial charge in [0.2, 0.25) is 0 Å². The largest absolute Gasteiger partial charge is 0.480 e. The number of nitrogens with zero attached hydrogens (tertiary/aromatic N) is 1. The zero-order valence-electron chi connectivity index (χ0n) is 17.1. The Morgan fingerprint density at radius 1 is 1.03 bits per heavy atom. The molecule has 0 aliphatic carbocycles. The van der Waals surface area contributed by atoms with Crippen LogP contribution in [0.1, 0.15) is 24.9 Å². The lowest BCUT2D eigenvalue weighted by Crippen LogP contribution is -2.39. The van der Waals surface area contributed by atoms with Gasteiger partial charge in [0.05, 0.1) is 6.04 Å². The van der Waals surface area contributed by atoms with Gasteiger partial charge in [-0.15, -0.1) is 0 Å². The van der Waals surface area contributed by atoms with Crippen molar-refractivity contribution in [2.45, 2.75) is 25.5 Å². The minimum atomic E-state index is -0.664. The summed E-state index contributed by atoms with van der Waals surface area (Å²) in [5, 5.41) is 5.10. The van der Waals surface area contributed by atoms with Crippen LogP contribution in [0.5, 0.6) is 5.75 Å². The van der Waals surface area contributed by atoms with Gasteiger partial charge in [-0.3, -0.25) is 4.79 Å². The van der Waals surface area contributed by atoms with Gasteiger partial charge in [-0.1, -0.05) is 48.5 Å². The summed E-state index contributed by atoms with van der Waals surface area (Å²) >= 11 is 0. The maximum atomic E-state index is 13.3. The molecule has 152 valence electrons. The number of nitrogens with one attached hydrogen (secondary N) is 1. The summed E-state index contributed by atoms with van der Waals surface area (Å²) in [6.45, 7) is 2.53. The van der Waals surface area contributed by atoms with Gasteiger partial charge in [-0.2, -0.15) is 0 Å². The second-order valence-electron chi connectivity index (χ2n) is 7.44. The highest BCUT2D eigenvalue weighted by atomic mass is 19.1. The van der Waals surface area contributed by atoms with Gasteiger partial charge in [0.25, 0.3) is 5.91 Å². The second-order valence-corrected chi connectivity index (χ2v) is 7.44. The summed E-state index contributed by atoms with van der Waals surface area (Å²) in [4.78, 5) is 14.9. The molecule has 0 spiro atoms. The third-order valence-corrected chi connectivity index (χ3v) is 4.88. The topological polar surface area (TPSA) is 41.6 Å². The molecule has 3 rings (SSSR count). The molecule has 5 heteroatoms. The number of halogens is 1. The molecule has 1 amide bonds. The zero-order chi connectivity index (χ0) is 20.8. The van der Waals surface area contributed by atoms with Gasteiger partial charge in [0.1, 0.15) is 11.6 Å². The monoisotopic (exact) mass is 394 g/mol. The number of carbonyl (C=O) groups excluding carboxylic acids is 1. The van der Waals surface area contributed by atoms with E-state index in [0.29, 0.717) is 12.2 Å². The van der Waals surface area contributed by atoms with Crippen LogP contribution in [0.25, 0.3) is 10.8 Å². The lowest BCUT2D eigenvalue weighted by molar-refractivity contribution is -0.128. The Morgan fingerprint density at radius 3 is 2.45 bits per heavy atom. The van der Waals surface area contributed by atoms with Gasteiger partial charge in [-0.05, 0) is 63.1 Å². The van der Waals surface area contributed by atoms with E-state index in [1.165, 1.54) is 12.1 Å². The SMILES string of the molecule is CC(Oc1cccc2ccccc12)C(=O)NC(CCN(C)C)c1ccc(F)cc1. The van der Waals surface area contributed by atoms with Crippen molar-refractivity contribution in [3.05, 3.63) is 78.1 Å². The van der Waals surface area contributed by atoms with Gasteiger partial charge in [0, 0.05) is 5.39 Å². The molecule has 0 saturated heterocycles. The van der Waals surface area contributed by atoms with Gasteiger partial charge >= 0.3 is 0 Å². The molecule has 0 aliphatic heterocycles. The molecular formula is C24H27FN2O2. The Bertz CT molecular complexity index is 951. The van der Waals surface area contributed by atoms with Crippen LogP contribution in [-0.2, 0) is 4.79 Å². The van der Waals surface area contributed by atoms with Crippen molar-refractivity contribution >= 4 is 16.7 Å². The van der Waals surface area contributed by atoms with E-state index < -0.39 is 6.10 Å². The molecule has 3 aromatic rings. The Morgan fingerprint density at radius 2 is 1.72 bits per heavy atom. The minimum Gasteiger partial charge on any atom is -0.480 e. The fourth-order valence-corrected chi connectivity index (χ4v) is 3.24. The number of rotatable bonds is 8. The number of fused-ring (bicyclic) bond motifs is 1. The summed E-state index contributed by atoms with van der Waals surface area (Å²) in [5.41, 5.74) is 0.874. The number of hydrogen-bond donors (Lipinski definition) is 1. The molecule has 29 heavy (non-hydrogen) atoms. The number of benzene rings is 3. The molecule has 0 bridgehead atoms. The van der Waals surface area contributed by atoms with E-state index >= 15 is 0 Å². The standard InChI is InChI=1S/C24H27FN2O2/c1-17(29-23-10-6-8-18-7-4-5-9-21(18)23)24(28)26-22(15-16-27(2)3)19-11-13-20(25)14-12-19/h4-14,17,22H,15-16H2,1-3H3,(H,26,28). The Kier molecular flexibility index (Phi) is 6.83. The van der Waals surface area contributed by atoms with Crippen LogP contribution >= 0.6 is 0 Å². The van der Waals surface area contributed by atoms with E-state index in [0.717, 1.165) is 22.9 Å². The second kappa shape index (κ2) is 9.52. The molecule has 3 aromatic carbocycles. The van der Waals surface area contributed by atoms with Crippen LogP contribution in [0.15, 0.2) is 66.7 Å².